The molecule has 3 rings (SSSR count). The van der Waals surface area contributed by atoms with E-state index in [0.29, 0.717) is 12.1 Å². The van der Waals surface area contributed by atoms with Crippen LogP contribution in [0.25, 0.3) is 0 Å². The molecule has 0 aliphatic carbocycles. The Morgan fingerprint density at radius 2 is 2.10 bits per heavy atom. The zero-order valence-electron chi connectivity index (χ0n) is 13.2. The number of rotatable bonds is 3. The smallest absolute Gasteiger partial charge is 0.253 e. The van der Waals surface area contributed by atoms with Crippen LogP contribution in [0.5, 0.6) is 0 Å². The third kappa shape index (κ3) is 2.42. The molecule has 1 aromatic carbocycles. The molecule has 114 valence electrons. The highest BCUT2D eigenvalue weighted by molar-refractivity contribution is 5.95. The van der Waals surface area contributed by atoms with Gasteiger partial charge in [-0.25, -0.2) is 0 Å². The number of nitrogens with one attached hydrogen (secondary N) is 1. The Morgan fingerprint density at radius 1 is 1.33 bits per heavy atom. The highest BCUT2D eigenvalue weighted by atomic mass is 16.2. The predicted molar refractivity (Wildman–Crippen MR) is 86.0 cm³/mol. The highest BCUT2D eigenvalue weighted by Crippen LogP contribution is 2.35. The van der Waals surface area contributed by atoms with Crippen molar-refractivity contribution in [2.75, 3.05) is 31.1 Å². The first-order valence-corrected chi connectivity index (χ1v) is 8.07. The van der Waals surface area contributed by atoms with Crippen LogP contribution in [0, 0.1) is 0 Å². The Morgan fingerprint density at radius 3 is 2.81 bits per heavy atom. The summed E-state index contributed by atoms with van der Waals surface area (Å²) in [4.78, 5) is 16.9. The van der Waals surface area contributed by atoms with Crippen LogP contribution >= 0.6 is 0 Å². The van der Waals surface area contributed by atoms with E-state index in [0.717, 1.165) is 38.2 Å². The maximum atomic E-state index is 12.5. The Hall–Kier alpha value is -1.55. The number of carbonyl (C=O) groups is 1. The maximum Gasteiger partial charge on any atom is 0.253 e. The number of nitrogens with zero attached hydrogens (tertiary/aromatic N) is 2. The third-order valence-electron chi connectivity index (χ3n) is 4.80. The van der Waals surface area contributed by atoms with Gasteiger partial charge < -0.3 is 15.1 Å². The second kappa shape index (κ2) is 5.68. The Kier molecular flexibility index (Phi) is 3.89. The lowest BCUT2D eigenvalue weighted by atomic mass is 10.1. The van der Waals surface area contributed by atoms with Gasteiger partial charge in [0.2, 0.25) is 0 Å². The van der Waals surface area contributed by atoms with Crippen molar-refractivity contribution in [2.24, 2.45) is 0 Å². The molecule has 2 heterocycles. The van der Waals surface area contributed by atoms with Crippen molar-refractivity contribution >= 4 is 11.6 Å². The topological polar surface area (TPSA) is 35.6 Å². The summed E-state index contributed by atoms with van der Waals surface area (Å²) in [6.07, 6.45) is 1.09. The zero-order valence-corrected chi connectivity index (χ0v) is 13.2. The fourth-order valence-electron chi connectivity index (χ4n) is 3.68. The SMILES string of the molecule is CCN(CC)C(=O)c1ccc2c(c1)N1[C@@H](CNC[C@H]1C)C2. The van der Waals surface area contributed by atoms with E-state index in [2.05, 4.69) is 29.3 Å². The fourth-order valence-corrected chi connectivity index (χ4v) is 3.68. The fraction of sp³-hybridized carbons (Fsp3) is 0.588. The summed E-state index contributed by atoms with van der Waals surface area (Å²) in [5, 5.41) is 3.50. The van der Waals surface area contributed by atoms with Crippen molar-refractivity contribution in [3.05, 3.63) is 29.3 Å². The molecule has 2 aliphatic heterocycles. The van der Waals surface area contributed by atoms with Gasteiger partial charge in [0.15, 0.2) is 0 Å². The number of fused-ring (bicyclic) bond motifs is 3. The molecule has 1 fully saturated rings. The molecule has 0 unspecified atom stereocenters. The number of anilines is 1. The minimum Gasteiger partial charge on any atom is -0.363 e. The normalized spacial score (nSPS) is 23.7. The van der Waals surface area contributed by atoms with Crippen LogP contribution in [0.4, 0.5) is 5.69 Å². The average Bonchev–Trinajstić information content (AvgIpc) is 2.87. The Bertz CT molecular complexity index is 539. The first kappa shape index (κ1) is 14.4. The molecule has 2 atom stereocenters. The van der Waals surface area contributed by atoms with Gasteiger partial charge >= 0.3 is 0 Å². The summed E-state index contributed by atoms with van der Waals surface area (Å²) in [6, 6.07) is 7.29. The van der Waals surface area contributed by atoms with Crippen molar-refractivity contribution in [1.29, 1.82) is 0 Å². The highest BCUT2D eigenvalue weighted by Gasteiger charge is 2.35. The molecule has 0 radical (unpaired) electrons. The minimum absolute atomic E-state index is 0.147. The molecular formula is C17H25N3O. The molecule has 1 N–H and O–H groups in total. The van der Waals surface area contributed by atoms with Crippen LogP contribution in [0.3, 0.4) is 0 Å². The van der Waals surface area contributed by atoms with Gasteiger partial charge in [-0.3, -0.25) is 4.79 Å². The van der Waals surface area contributed by atoms with E-state index in [-0.39, 0.29) is 5.91 Å². The van der Waals surface area contributed by atoms with E-state index in [4.69, 9.17) is 0 Å². The molecule has 1 aromatic rings. The quantitative estimate of drug-likeness (QED) is 0.922. The van der Waals surface area contributed by atoms with Crippen molar-refractivity contribution in [1.82, 2.24) is 10.2 Å². The van der Waals surface area contributed by atoms with Crippen LogP contribution in [-0.4, -0.2) is 49.1 Å². The number of hydrogen-bond donors (Lipinski definition) is 1. The van der Waals surface area contributed by atoms with E-state index in [1.807, 2.05) is 24.8 Å². The van der Waals surface area contributed by atoms with Gasteiger partial charge in [-0.2, -0.15) is 0 Å². The Labute approximate surface area is 127 Å². The summed E-state index contributed by atoms with van der Waals surface area (Å²) in [5.41, 5.74) is 3.47. The average molecular weight is 287 g/mol. The summed E-state index contributed by atoms with van der Waals surface area (Å²) < 4.78 is 0. The van der Waals surface area contributed by atoms with Crippen LogP contribution in [0.2, 0.25) is 0 Å². The summed E-state index contributed by atoms with van der Waals surface area (Å²) in [6.45, 7) is 9.90. The standard InChI is InChI=1S/C17H25N3O/c1-4-19(5-2)17(21)14-7-6-13-8-15-11-18-10-12(3)20(15)16(13)9-14/h6-7,9,12,15,18H,4-5,8,10-11H2,1-3H3/t12-,15-/m1/s1. The molecule has 4 heteroatoms. The van der Waals surface area contributed by atoms with Gasteiger partial charge in [0.05, 0.1) is 0 Å². The molecule has 1 saturated heterocycles. The number of hydrogen-bond acceptors (Lipinski definition) is 3. The van der Waals surface area contributed by atoms with E-state index in [1.54, 1.807) is 0 Å². The van der Waals surface area contributed by atoms with Crippen molar-refractivity contribution < 1.29 is 4.79 Å². The van der Waals surface area contributed by atoms with E-state index in [9.17, 15) is 4.79 Å². The lowest BCUT2D eigenvalue weighted by Gasteiger charge is -2.38. The summed E-state index contributed by atoms with van der Waals surface area (Å²) in [5.74, 6) is 0.147. The number of piperazine rings is 1. The lowest BCUT2D eigenvalue weighted by Crippen LogP contribution is -2.54. The number of amides is 1. The molecule has 0 aromatic heterocycles. The Balaban J connectivity index is 1.92. The molecule has 0 spiro atoms. The van der Waals surface area contributed by atoms with E-state index >= 15 is 0 Å². The second-order valence-corrected chi connectivity index (χ2v) is 6.09. The molecule has 0 bridgehead atoms. The first-order valence-electron chi connectivity index (χ1n) is 8.07. The summed E-state index contributed by atoms with van der Waals surface area (Å²) >= 11 is 0. The molecule has 0 saturated carbocycles. The summed E-state index contributed by atoms with van der Waals surface area (Å²) in [7, 11) is 0. The second-order valence-electron chi connectivity index (χ2n) is 6.09. The molecular weight excluding hydrogens is 262 g/mol. The van der Waals surface area contributed by atoms with Crippen molar-refractivity contribution in [2.45, 2.75) is 39.3 Å². The zero-order chi connectivity index (χ0) is 15.0. The van der Waals surface area contributed by atoms with E-state index in [1.165, 1.54) is 11.3 Å². The first-order chi connectivity index (χ1) is 10.2. The van der Waals surface area contributed by atoms with Crippen LogP contribution in [0.1, 0.15) is 36.7 Å². The third-order valence-corrected chi connectivity index (χ3v) is 4.80. The van der Waals surface area contributed by atoms with E-state index < -0.39 is 0 Å². The predicted octanol–water partition coefficient (Wildman–Crippen LogP) is 1.89. The maximum absolute atomic E-state index is 12.5. The monoisotopic (exact) mass is 287 g/mol. The minimum atomic E-state index is 0.147. The van der Waals surface area contributed by atoms with Gasteiger partial charge in [-0.15, -0.1) is 0 Å². The van der Waals surface area contributed by atoms with Crippen molar-refractivity contribution in [3.63, 3.8) is 0 Å². The largest absolute Gasteiger partial charge is 0.363 e. The van der Waals surface area contributed by atoms with Gasteiger partial charge in [0.25, 0.3) is 5.91 Å². The molecule has 4 nitrogen and oxygen atoms in total. The van der Waals surface area contributed by atoms with Crippen LogP contribution < -0.4 is 10.2 Å². The number of carbonyl (C=O) groups excluding carboxylic acids is 1. The van der Waals surface area contributed by atoms with Crippen molar-refractivity contribution in [3.8, 4) is 0 Å². The molecule has 2 aliphatic rings. The number of benzene rings is 1. The lowest BCUT2D eigenvalue weighted by molar-refractivity contribution is 0.0773. The van der Waals surface area contributed by atoms with Gasteiger partial charge in [-0.05, 0) is 44.9 Å². The molecule has 21 heavy (non-hydrogen) atoms. The van der Waals surface area contributed by atoms with Gasteiger partial charge in [0, 0.05) is 49.5 Å². The molecule has 1 amide bonds. The van der Waals surface area contributed by atoms with Gasteiger partial charge in [0.1, 0.15) is 0 Å². The van der Waals surface area contributed by atoms with Crippen LogP contribution in [0.15, 0.2) is 18.2 Å². The van der Waals surface area contributed by atoms with Crippen LogP contribution in [-0.2, 0) is 6.42 Å². The van der Waals surface area contributed by atoms with Gasteiger partial charge in [-0.1, -0.05) is 6.07 Å².